The van der Waals surface area contributed by atoms with Crippen LogP contribution in [0.3, 0.4) is 0 Å². The number of carboxylic acid groups (broad SMARTS) is 1. The molecule has 1 fully saturated rings. The highest BCUT2D eigenvalue weighted by Crippen LogP contribution is 2.36. The molecule has 1 saturated heterocycles. The van der Waals surface area contributed by atoms with Gasteiger partial charge in [-0.05, 0) is 101 Å². The number of rotatable bonds is 6. The van der Waals surface area contributed by atoms with Gasteiger partial charge in [0.05, 0.1) is 28.4 Å². The number of aromatic nitrogens is 1. The lowest BCUT2D eigenvalue weighted by Crippen LogP contribution is -2.28. The third-order valence-corrected chi connectivity index (χ3v) is 7.94. The molecular formula is C30H24BrN3O3S. The van der Waals surface area contributed by atoms with Gasteiger partial charge < -0.3 is 9.67 Å². The number of carbonyl (C=O) groups is 2. The van der Waals surface area contributed by atoms with Crippen molar-refractivity contribution in [1.29, 1.82) is 0 Å². The highest BCUT2D eigenvalue weighted by molar-refractivity contribution is 9.10. The van der Waals surface area contributed by atoms with E-state index in [1.165, 1.54) is 11.8 Å². The summed E-state index contributed by atoms with van der Waals surface area (Å²) >= 11 is 4.99. The van der Waals surface area contributed by atoms with Gasteiger partial charge in [-0.3, -0.25) is 9.69 Å². The Labute approximate surface area is 233 Å². The Morgan fingerprint density at radius 1 is 1.00 bits per heavy atom. The zero-order valence-corrected chi connectivity index (χ0v) is 23.2. The Balaban J connectivity index is 1.52. The van der Waals surface area contributed by atoms with Crippen molar-refractivity contribution in [1.82, 2.24) is 9.47 Å². The lowest BCUT2D eigenvalue weighted by Gasteiger charge is -2.16. The maximum Gasteiger partial charge on any atom is 0.335 e. The van der Waals surface area contributed by atoms with Gasteiger partial charge in [-0.2, -0.15) is 0 Å². The van der Waals surface area contributed by atoms with Gasteiger partial charge >= 0.3 is 5.97 Å². The van der Waals surface area contributed by atoms with E-state index in [4.69, 9.17) is 4.99 Å². The van der Waals surface area contributed by atoms with Crippen molar-refractivity contribution in [2.24, 2.45) is 4.99 Å². The number of amides is 1. The van der Waals surface area contributed by atoms with Gasteiger partial charge in [0.2, 0.25) is 0 Å². The van der Waals surface area contributed by atoms with Crippen LogP contribution in [0.5, 0.6) is 0 Å². The SMILES string of the molecule is Cc1cc(/C=C2\SC(=Nc3ccccc3)N(Cc3ccc(C(=O)O)cc3)C2=O)c(C)n1-c1ccccc1Br. The predicted octanol–water partition coefficient (Wildman–Crippen LogP) is 7.36. The van der Waals surface area contributed by atoms with Crippen LogP contribution in [0.15, 0.2) is 99.3 Å². The molecule has 1 aliphatic heterocycles. The monoisotopic (exact) mass is 585 g/mol. The number of para-hydroxylation sites is 2. The van der Waals surface area contributed by atoms with E-state index in [1.54, 1.807) is 29.2 Å². The fourth-order valence-electron chi connectivity index (χ4n) is 4.36. The topological polar surface area (TPSA) is 74.9 Å². The van der Waals surface area contributed by atoms with Crippen LogP contribution in [0.2, 0.25) is 0 Å². The van der Waals surface area contributed by atoms with Crippen molar-refractivity contribution in [3.05, 3.63) is 122 Å². The molecule has 0 bridgehead atoms. The second-order valence-electron chi connectivity index (χ2n) is 8.85. The maximum absolute atomic E-state index is 13.7. The first-order valence-electron chi connectivity index (χ1n) is 11.9. The van der Waals surface area contributed by atoms with Crippen molar-refractivity contribution in [3.63, 3.8) is 0 Å². The van der Waals surface area contributed by atoms with Crippen LogP contribution < -0.4 is 0 Å². The molecule has 0 spiro atoms. The van der Waals surface area contributed by atoms with Crippen LogP contribution in [-0.2, 0) is 11.3 Å². The Morgan fingerprint density at radius 2 is 1.68 bits per heavy atom. The van der Waals surface area contributed by atoms with E-state index in [-0.39, 0.29) is 18.0 Å². The largest absolute Gasteiger partial charge is 0.478 e. The number of carboxylic acids is 1. The van der Waals surface area contributed by atoms with Crippen molar-refractivity contribution in [2.45, 2.75) is 20.4 Å². The predicted molar refractivity (Wildman–Crippen MR) is 156 cm³/mol. The van der Waals surface area contributed by atoms with Crippen LogP contribution in [0.25, 0.3) is 11.8 Å². The summed E-state index contributed by atoms with van der Waals surface area (Å²) in [5.74, 6) is -1.13. The normalized spacial score (nSPS) is 15.6. The summed E-state index contributed by atoms with van der Waals surface area (Å²) in [6, 6.07) is 26.2. The second kappa shape index (κ2) is 10.8. The van der Waals surface area contributed by atoms with Crippen LogP contribution >= 0.6 is 27.7 Å². The minimum Gasteiger partial charge on any atom is -0.478 e. The van der Waals surface area contributed by atoms with Gasteiger partial charge in [-0.1, -0.05) is 42.5 Å². The molecule has 0 saturated carbocycles. The van der Waals surface area contributed by atoms with E-state index >= 15 is 0 Å². The molecule has 4 aromatic rings. The molecule has 0 atom stereocenters. The van der Waals surface area contributed by atoms with E-state index in [9.17, 15) is 14.7 Å². The summed E-state index contributed by atoms with van der Waals surface area (Å²) in [6.45, 7) is 4.38. The average molecular weight is 587 g/mol. The molecule has 0 radical (unpaired) electrons. The number of aryl methyl sites for hydroxylation is 1. The van der Waals surface area contributed by atoms with Gasteiger partial charge in [-0.25, -0.2) is 9.79 Å². The summed E-state index contributed by atoms with van der Waals surface area (Å²) in [7, 11) is 0. The second-order valence-corrected chi connectivity index (χ2v) is 10.7. The summed E-state index contributed by atoms with van der Waals surface area (Å²) in [6.07, 6.45) is 1.93. The highest BCUT2D eigenvalue weighted by Gasteiger charge is 2.34. The summed E-state index contributed by atoms with van der Waals surface area (Å²) in [5.41, 5.74) is 5.86. The number of carbonyl (C=O) groups excluding carboxylic acids is 1. The molecule has 1 aromatic heterocycles. The number of hydrogen-bond acceptors (Lipinski definition) is 4. The molecule has 2 heterocycles. The molecule has 6 nitrogen and oxygen atoms in total. The van der Waals surface area contributed by atoms with E-state index in [1.807, 2.05) is 68.5 Å². The van der Waals surface area contributed by atoms with Crippen molar-refractivity contribution in [3.8, 4) is 5.69 Å². The molecule has 3 aromatic carbocycles. The average Bonchev–Trinajstić information content (AvgIpc) is 3.35. The molecule has 190 valence electrons. The summed E-state index contributed by atoms with van der Waals surface area (Å²) in [4.78, 5) is 31.9. The first-order chi connectivity index (χ1) is 18.3. The van der Waals surface area contributed by atoms with Crippen LogP contribution in [0.4, 0.5) is 5.69 Å². The first kappa shape index (κ1) is 25.8. The first-order valence-corrected chi connectivity index (χ1v) is 13.5. The van der Waals surface area contributed by atoms with E-state index < -0.39 is 5.97 Å². The van der Waals surface area contributed by atoms with E-state index in [0.717, 1.165) is 38.4 Å². The van der Waals surface area contributed by atoms with Crippen LogP contribution in [-0.4, -0.2) is 31.6 Å². The minimum absolute atomic E-state index is 0.141. The van der Waals surface area contributed by atoms with E-state index in [2.05, 4.69) is 32.6 Å². The fourth-order valence-corrected chi connectivity index (χ4v) is 5.81. The molecule has 1 N–H and O–H groups in total. The lowest BCUT2D eigenvalue weighted by atomic mass is 10.1. The van der Waals surface area contributed by atoms with Crippen LogP contribution in [0, 0.1) is 13.8 Å². The van der Waals surface area contributed by atoms with Crippen molar-refractivity contribution >= 4 is 56.5 Å². The zero-order valence-electron chi connectivity index (χ0n) is 20.8. The minimum atomic E-state index is -0.985. The molecule has 0 unspecified atom stereocenters. The zero-order chi connectivity index (χ0) is 26.8. The summed E-state index contributed by atoms with van der Waals surface area (Å²) in [5, 5.41) is 9.79. The maximum atomic E-state index is 13.7. The lowest BCUT2D eigenvalue weighted by molar-refractivity contribution is -0.122. The number of aliphatic imine (C=N–C) groups is 1. The van der Waals surface area contributed by atoms with Gasteiger partial charge in [-0.15, -0.1) is 0 Å². The molecule has 38 heavy (non-hydrogen) atoms. The molecule has 0 aliphatic carbocycles. The van der Waals surface area contributed by atoms with E-state index in [0.29, 0.717) is 10.1 Å². The highest BCUT2D eigenvalue weighted by atomic mass is 79.9. The Morgan fingerprint density at radius 3 is 2.37 bits per heavy atom. The molecule has 1 aliphatic rings. The smallest absolute Gasteiger partial charge is 0.335 e. The molecule has 5 rings (SSSR count). The van der Waals surface area contributed by atoms with Crippen molar-refractivity contribution < 1.29 is 14.7 Å². The number of halogens is 1. The number of nitrogens with zero attached hydrogens (tertiary/aromatic N) is 3. The molecule has 8 heteroatoms. The molecular weight excluding hydrogens is 562 g/mol. The Hall–Kier alpha value is -3.88. The quantitative estimate of drug-likeness (QED) is 0.240. The fraction of sp³-hybridized carbons (Fsp3) is 0.100. The third kappa shape index (κ3) is 5.23. The number of thioether (sulfide) groups is 1. The van der Waals surface area contributed by atoms with Gasteiger partial charge in [0.15, 0.2) is 5.17 Å². The number of benzene rings is 3. The Bertz CT molecular complexity index is 1590. The van der Waals surface area contributed by atoms with Gasteiger partial charge in [0, 0.05) is 15.9 Å². The molecule has 1 amide bonds. The number of aromatic carboxylic acids is 1. The van der Waals surface area contributed by atoms with Crippen LogP contribution in [0.1, 0.15) is 32.9 Å². The third-order valence-electron chi connectivity index (χ3n) is 6.26. The Kier molecular flexibility index (Phi) is 7.35. The summed E-state index contributed by atoms with van der Waals surface area (Å²) < 4.78 is 3.16. The standard InChI is InChI=1S/C30H24BrN3O3S/c1-19-16-23(20(2)34(19)26-11-7-6-10-25(26)31)17-27-28(35)33(18-21-12-14-22(15-13-21)29(36)37)30(38-27)32-24-8-4-3-5-9-24/h3-17H,18H2,1-2H3,(H,36,37)/b27-17-,32-30?. The number of amidine groups is 1. The van der Waals surface area contributed by atoms with Gasteiger partial charge in [0.1, 0.15) is 0 Å². The van der Waals surface area contributed by atoms with Gasteiger partial charge in [0.25, 0.3) is 5.91 Å². The van der Waals surface area contributed by atoms with Crippen molar-refractivity contribution in [2.75, 3.05) is 0 Å². The number of hydrogen-bond donors (Lipinski definition) is 1.